The van der Waals surface area contributed by atoms with Gasteiger partial charge >= 0.3 is 0 Å². The molecule has 0 aliphatic carbocycles. The third kappa shape index (κ3) is 6.33. The number of ketones is 1. The molecule has 1 aromatic carbocycles. The molecule has 0 bridgehead atoms. The summed E-state index contributed by atoms with van der Waals surface area (Å²) >= 11 is 8.11. The van der Waals surface area contributed by atoms with Gasteiger partial charge in [0, 0.05) is 41.7 Å². The van der Waals surface area contributed by atoms with E-state index < -0.39 is 6.10 Å². The molecule has 1 aliphatic heterocycles. The Bertz CT molecular complexity index is 1430. The van der Waals surface area contributed by atoms with Crippen LogP contribution >= 0.6 is 23.4 Å². The molecule has 39 heavy (non-hydrogen) atoms. The predicted octanol–water partition coefficient (Wildman–Crippen LogP) is 3.38. The van der Waals surface area contributed by atoms with Crippen LogP contribution in [-0.4, -0.2) is 63.4 Å². The average molecular weight is 570 g/mol. The molecule has 4 N–H and O–H groups in total. The molecular weight excluding hydrogens is 538 g/mol. The van der Waals surface area contributed by atoms with Gasteiger partial charge < -0.3 is 25.8 Å². The number of carbonyl (C=O) groups is 1. The second-order valence-electron chi connectivity index (χ2n) is 9.31. The number of fused-ring (bicyclic) bond motifs is 1. The highest BCUT2D eigenvalue weighted by atomic mass is 35.5. The highest BCUT2D eigenvalue weighted by Gasteiger charge is 2.28. The molecule has 206 valence electrons. The second kappa shape index (κ2) is 12.3. The van der Waals surface area contributed by atoms with Crippen molar-refractivity contribution < 1.29 is 14.6 Å². The molecule has 3 aromatic rings. The van der Waals surface area contributed by atoms with E-state index in [4.69, 9.17) is 32.0 Å². The zero-order valence-electron chi connectivity index (χ0n) is 22.6. The van der Waals surface area contributed by atoms with E-state index in [2.05, 4.69) is 20.2 Å². The van der Waals surface area contributed by atoms with Gasteiger partial charge in [0.25, 0.3) is 0 Å². The highest BCUT2D eigenvalue weighted by Crippen LogP contribution is 2.36. The molecule has 0 radical (unpaired) electrons. The number of aromatic nitrogens is 4. The molecule has 1 aliphatic rings. The molecule has 0 saturated carbocycles. The van der Waals surface area contributed by atoms with Gasteiger partial charge in [0.15, 0.2) is 16.8 Å². The van der Waals surface area contributed by atoms with Crippen LogP contribution in [0.3, 0.4) is 0 Å². The van der Waals surface area contributed by atoms with E-state index in [0.717, 1.165) is 16.8 Å². The van der Waals surface area contributed by atoms with E-state index in [9.17, 15) is 9.90 Å². The monoisotopic (exact) mass is 569 g/mol. The van der Waals surface area contributed by atoms with Gasteiger partial charge in [-0.1, -0.05) is 23.4 Å². The number of allylic oxidation sites excluding steroid dienone is 2. The van der Waals surface area contributed by atoms with E-state index in [1.807, 2.05) is 19.4 Å². The Hall–Kier alpha value is -3.25. The number of hydrogen-bond donors (Lipinski definition) is 3. The Kier molecular flexibility index (Phi) is 9.06. The van der Waals surface area contributed by atoms with Gasteiger partial charge in [-0.15, -0.1) is 0 Å². The molecule has 4 rings (SSSR count). The van der Waals surface area contributed by atoms with Crippen molar-refractivity contribution in [3.8, 4) is 17.1 Å². The van der Waals surface area contributed by atoms with Crippen molar-refractivity contribution in [2.45, 2.75) is 45.1 Å². The number of benzene rings is 1. The van der Waals surface area contributed by atoms with Gasteiger partial charge in [-0.3, -0.25) is 4.79 Å². The normalized spacial score (nSPS) is 14.2. The number of likely N-dealkylation sites (N-methyl/N-ethyl adjacent to an activating group) is 1. The summed E-state index contributed by atoms with van der Waals surface area (Å²) in [6, 6.07) is 5.15. The largest absolute Gasteiger partial charge is 0.491 e. The first-order chi connectivity index (χ1) is 18.6. The lowest BCUT2D eigenvalue weighted by molar-refractivity contribution is -0.111. The number of aliphatic hydroxyl groups is 1. The van der Waals surface area contributed by atoms with E-state index in [-0.39, 0.29) is 12.4 Å². The second-order valence-corrected chi connectivity index (χ2v) is 10.5. The first-order valence-corrected chi connectivity index (χ1v) is 14.0. The number of Topliss-reactive ketones (excluding diaryl/α,β-unsaturated/α-hetero) is 1. The number of halogens is 1. The van der Waals surface area contributed by atoms with Crippen LogP contribution in [0.15, 0.2) is 35.2 Å². The van der Waals surface area contributed by atoms with E-state index in [0.29, 0.717) is 69.7 Å². The zero-order chi connectivity index (χ0) is 28.3. The quantitative estimate of drug-likeness (QED) is 0.188. The van der Waals surface area contributed by atoms with Crippen LogP contribution in [0.2, 0.25) is 5.02 Å². The maximum atomic E-state index is 12.7. The summed E-state index contributed by atoms with van der Waals surface area (Å²) in [5, 5.41) is 14.1. The van der Waals surface area contributed by atoms with Crippen molar-refractivity contribution in [3.05, 3.63) is 57.6 Å². The van der Waals surface area contributed by atoms with Gasteiger partial charge in [-0.25, -0.2) is 19.9 Å². The Morgan fingerprint density at radius 3 is 2.72 bits per heavy atom. The molecule has 0 saturated heterocycles. The van der Waals surface area contributed by atoms with Crippen molar-refractivity contribution in [2.24, 2.45) is 5.73 Å². The molecule has 10 nitrogen and oxygen atoms in total. The van der Waals surface area contributed by atoms with Crippen molar-refractivity contribution >= 4 is 40.5 Å². The van der Waals surface area contributed by atoms with Crippen LogP contribution in [0.4, 0.5) is 5.82 Å². The molecule has 3 heterocycles. The Morgan fingerprint density at radius 1 is 1.28 bits per heavy atom. The molecule has 0 unspecified atom stereocenters. The van der Waals surface area contributed by atoms with Gasteiger partial charge in [0.2, 0.25) is 0 Å². The molecule has 0 fully saturated rings. The first kappa shape index (κ1) is 28.8. The summed E-state index contributed by atoms with van der Waals surface area (Å²) < 4.78 is 5.79. The summed E-state index contributed by atoms with van der Waals surface area (Å²) in [7, 11) is 1.76. The van der Waals surface area contributed by atoms with Crippen LogP contribution in [0, 0.1) is 6.92 Å². The van der Waals surface area contributed by atoms with Crippen molar-refractivity contribution in [2.75, 3.05) is 31.4 Å². The number of ether oxygens (including phenoxy) is 1. The number of anilines is 1. The first-order valence-electron chi connectivity index (χ1n) is 12.4. The van der Waals surface area contributed by atoms with Crippen LogP contribution in [0.1, 0.15) is 36.4 Å². The van der Waals surface area contributed by atoms with E-state index in [1.54, 1.807) is 32.2 Å². The van der Waals surface area contributed by atoms with Gasteiger partial charge in [-0.05, 0) is 52.3 Å². The Morgan fingerprint density at radius 2 is 2.05 bits per heavy atom. The SMILES string of the molecule is CNC[C@@H](O)COc1ccc(Cl)c(-c2nc(C(C(C)=O)=C(C)N)c(C)c(N3Cc4cnc(SC)nc4C3)n2)c1. The standard InChI is InChI=1S/C27H32ClN7O3S/c1-14-24(23(15(2)29)16(3)36)33-25(20-8-19(6-7-21(20)28)38-13-18(37)10-30-4)34-26(14)35-11-17-9-31-27(39-5)32-22(17)12-35/h6-9,18,30,37H,10-13,29H2,1-5H3/t18-/m1/s1. The molecule has 2 aromatic heterocycles. The third-order valence-corrected chi connectivity index (χ3v) is 7.17. The van der Waals surface area contributed by atoms with E-state index in [1.165, 1.54) is 18.7 Å². The van der Waals surface area contributed by atoms with Crippen LogP contribution < -0.4 is 20.7 Å². The fourth-order valence-electron chi connectivity index (χ4n) is 4.44. The number of carbonyl (C=O) groups excluding carboxylic acids is 1. The fourth-order valence-corrected chi connectivity index (χ4v) is 5.01. The number of thioether (sulfide) groups is 1. The summed E-state index contributed by atoms with van der Waals surface area (Å²) in [5.74, 6) is 1.27. The van der Waals surface area contributed by atoms with E-state index >= 15 is 0 Å². The zero-order valence-corrected chi connectivity index (χ0v) is 24.2. The number of nitrogens with one attached hydrogen (secondary N) is 1. The number of aliphatic hydroxyl groups excluding tert-OH is 1. The fraction of sp³-hybridized carbons (Fsp3) is 0.370. The molecule has 0 amide bonds. The summed E-state index contributed by atoms with van der Waals surface area (Å²) in [4.78, 5) is 33.6. The maximum Gasteiger partial charge on any atom is 0.187 e. The minimum Gasteiger partial charge on any atom is -0.491 e. The summed E-state index contributed by atoms with van der Waals surface area (Å²) in [5.41, 5.74) is 10.5. The number of nitrogens with two attached hydrogens (primary N) is 1. The summed E-state index contributed by atoms with van der Waals surface area (Å²) in [6.45, 7) is 6.61. The van der Waals surface area contributed by atoms with Crippen LogP contribution in [0.5, 0.6) is 5.75 Å². The minimum atomic E-state index is -0.676. The molecule has 12 heteroatoms. The van der Waals surface area contributed by atoms with Crippen LogP contribution in [0.25, 0.3) is 17.0 Å². The van der Waals surface area contributed by atoms with Crippen molar-refractivity contribution in [3.63, 3.8) is 0 Å². The molecular formula is C27H32ClN7O3S. The predicted molar refractivity (Wildman–Crippen MR) is 154 cm³/mol. The maximum absolute atomic E-state index is 12.7. The lowest BCUT2D eigenvalue weighted by Gasteiger charge is -2.22. The average Bonchev–Trinajstić information content (AvgIpc) is 3.32. The Labute approximate surface area is 237 Å². The number of rotatable bonds is 10. The molecule has 0 spiro atoms. The van der Waals surface area contributed by atoms with Gasteiger partial charge in [0.05, 0.1) is 28.5 Å². The Balaban J connectivity index is 1.82. The minimum absolute atomic E-state index is 0.0991. The lowest BCUT2D eigenvalue weighted by atomic mass is 10.0. The number of nitrogens with zero attached hydrogens (tertiary/aromatic N) is 5. The smallest absolute Gasteiger partial charge is 0.187 e. The number of hydrogen-bond acceptors (Lipinski definition) is 11. The van der Waals surface area contributed by atoms with Crippen LogP contribution in [-0.2, 0) is 17.9 Å². The third-order valence-electron chi connectivity index (χ3n) is 6.28. The highest BCUT2D eigenvalue weighted by molar-refractivity contribution is 7.98. The van der Waals surface area contributed by atoms with Gasteiger partial charge in [0.1, 0.15) is 24.3 Å². The van der Waals surface area contributed by atoms with Crippen molar-refractivity contribution in [1.29, 1.82) is 0 Å². The van der Waals surface area contributed by atoms with Crippen molar-refractivity contribution in [1.82, 2.24) is 25.3 Å². The lowest BCUT2D eigenvalue weighted by Crippen LogP contribution is -2.29. The van der Waals surface area contributed by atoms with Gasteiger partial charge in [-0.2, -0.15) is 0 Å². The topological polar surface area (TPSA) is 139 Å². The molecule has 1 atom stereocenters. The summed E-state index contributed by atoms with van der Waals surface area (Å²) in [6.07, 6.45) is 3.11.